The van der Waals surface area contributed by atoms with E-state index in [1.165, 1.54) is 0 Å². The van der Waals surface area contributed by atoms with Crippen LogP contribution in [0.5, 0.6) is 0 Å². The zero-order valence-electron chi connectivity index (χ0n) is 11.0. The maximum Gasteiger partial charge on any atom is 0.490 e. The smallest absolute Gasteiger partial charge is 0.302 e. The van der Waals surface area contributed by atoms with E-state index in [0.29, 0.717) is 0 Å². The molecule has 2 unspecified atom stereocenters. The SMILES string of the molecule is O=P(O)(O)OP(=O)(O)OP(=O)(O)OC(C(F)(F)F)(C(F)(F)F)C(F)(F)F. The minimum Gasteiger partial charge on any atom is -0.302 e. The third-order valence-electron chi connectivity index (χ3n) is 1.87. The molecular weight excluding hydrogens is 472 g/mol. The number of rotatable bonds is 6. The molecule has 2 atom stereocenters. The molecule has 0 fully saturated rings. The number of phosphoric ester groups is 1. The standard InChI is InChI=1S/C4H4F9O10P3/c5-2(6,7)1(3(8,9)10,4(11,12)13)21-25(17,18)23-26(19,20)22-24(14,15)16/h(H,17,18)(H,19,20)(H2,14,15,16). The van der Waals surface area contributed by atoms with Crippen molar-refractivity contribution in [2.75, 3.05) is 0 Å². The van der Waals surface area contributed by atoms with Crippen molar-refractivity contribution in [3.05, 3.63) is 0 Å². The van der Waals surface area contributed by atoms with E-state index in [2.05, 4.69) is 13.1 Å². The second-order valence-corrected chi connectivity index (χ2v) is 8.20. The molecule has 0 radical (unpaired) electrons. The Morgan fingerprint density at radius 1 is 0.577 bits per heavy atom. The van der Waals surface area contributed by atoms with Gasteiger partial charge in [0, 0.05) is 0 Å². The highest BCUT2D eigenvalue weighted by atomic mass is 31.3. The summed E-state index contributed by atoms with van der Waals surface area (Å²) in [6.07, 6.45) is -22.5. The summed E-state index contributed by atoms with van der Waals surface area (Å²) in [7, 11) is -20.2. The van der Waals surface area contributed by atoms with Gasteiger partial charge in [-0.3, -0.25) is 4.52 Å². The number of halogens is 9. The summed E-state index contributed by atoms with van der Waals surface area (Å²) >= 11 is 0. The van der Waals surface area contributed by atoms with Gasteiger partial charge in [0.25, 0.3) is 0 Å². The van der Waals surface area contributed by atoms with E-state index in [9.17, 15) is 53.2 Å². The van der Waals surface area contributed by atoms with E-state index in [-0.39, 0.29) is 0 Å². The van der Waals surface area contributed by atoms with Crippen LogP contribution in [0, 0.1) is 0 Å². The van der Waals surface area contributed by atoms with Gasteiger partial charge in [0.15, 0.2) is 0 Å². The third-order valence-corrected chi connectivity index (χ3v) is 5.70. The Labute approximate surface area is 134 Å². The summed E-state index contributed by atoms with van der Waals surface area (Å²) < 4.78 is 152. The molecule has 0 aromatic carbocycles. The molecule has 0 saturated heterocycles. The first-order valence-electron chi connectivity index (χ1n) is 4.92. The Bertz CT molecular complexity index is 622. The maximum absolute atomic E-state index is 12.5. The van der Waals surface area contributed by atoms with Crippen molar-refractivity contribution in [2.45, 2.75) is 24.1 Å². The molecule has 22 heteroatoms. The van der Waals surface area contributed by atoms with Gasteiger partial charge in [0.05, 0.1) is 0 Å². The lowest BCUT2D eigenvalue weighted by Crippen LogP contribution is -2.67. The van der Waals surface area contributed by atoms with Crippen LogP contribution in [0.1, 0.15) is 0 Å². The summed E-state index contributed by atoms with van der Waals surface area (Å²) in [5.41, 5.74) is -7.38. The molecule has 158 valence electrons. The summed E-state index contributed by atoms with van der Waals surface area (Å²) in [6, 6.07) is 0. The second kappa shape index (κ2) is 6.99. The van der Waals surface area contributed by atoms with Gasteiger partial charge in [0.2, 0.25) is 0 Å². The van der Waals surface area contributed by atoms with Crippen LogP contribution >= 0.6 is 23.5 Å². The Morgan fingerprint density at radius 3 is 1.12 bits per heavy atom. The van der Waals surface area contributed by atoms with Gasteiger partial charge in [0.1, 0.15) is 0 Å². The van der Waals surface area contributed by atoms with E-state index in [4.69, 9.17) is 19.6 Å². The van der Waals surface area contributed by atoms with Crippen LogP contribution in [0.25, 0.3) is 0 Å². The molecule has 0 saturated carbocycles. The minimum absolute atomic E-state index is 2.12. The van der Waals surface area contributed by atoms with Crippen LogP contribution in [-0.4, -0.2) is 43.7 Å². The molecule has 0 aromatic rings. The van der Waals surface area contributed by atoms with Crippen molar-refractivity contribution in [3.63, 3.8) is 0 Å². The second-order valence-electron chi connectivity index (χ2n) is 3.86. The predicted molar refractivity (Wildman–Crippen MR) is 55.8 cm³/mol. The highest BCUT2D eigenvalue weighted by molar-refractivity contribution is 7.66. The molecule has 10 nitrogen and oxygen atoms in total. The highest BCUT2D eigenvalue weighted by Gasteiger charge is 2.87. The molecule has 26 heavy (non-hydrogen) atoms. The van der Waals surface area contributed by atoms with Gasteiger partial charge in [-0.1, -0.05) is 0 Å². The van der Waals surface area contributed by atoms with Gasteiger partial charge >= 0.3 is 47.6 Å². The molecule has 0 amide bonds. The van der Waals surface area contributed by atoms with Crippen LogP contribution in [-0.2, 0) is 26.8 Å². The maximum atomic E-state index is 12.5. The molecule has 0 aliphatic carbocycles. The first kappa shape index (κ1) is 25.8. The molecule has 0 heterocycles. The molecule has 0 bridgehead atoms. The predicted octanol–water partition coefficient (Wildman–Crippen LogP) is 2.76. The largest absolute Gasteiger partial charge is 0.490 e. The van der Waals surface area contributed by atoms with Gasteiger partial charge in [-0.05, 0) is 0 Å². The number of alkyl halides is 9. The summed E-state index contributed by atoms with van der Waals surface area (Å²) in [6.45, 7) is 0. The Morgan fingerprint density at radius 2 is 0.885 bits per heavy atom. The van der Waals surface area contributed by atoms with E-state index < -0.39 is 47.6 Å². The monoisotopic (exact) mass is 476 g/mol. The average Bonchev–Trinajstić information content (AvgIpc) is 2.14. The zero-order chi connectivity index (χ0) is 21.6. The Balaban J connectivity index is 6.20. The van der Waals surface area contributed by atoms with E-state index in [1.54, 1.807) is 0 Å². The zero-order valence-corrected chi connectivity index (χ0v) is 13.7. The Kier molecular flexibility index (Phi) is 6.93. The van der Waals surface area contributed by atoms with Gasteiger partial charge in [-0.25, -0.2) is 13.7 Å². The molecule has 0 aliphatic heterocycles. The molecule has 4 N–H and O–H groups in total. The topological polar surface area (TPSA) is 160 Å². The lowest BCUT2D eigenvalue weighted by Gasteiger charge is -2.38. The molecule has 0 rings (SSSR count). The van der Waals surface area contributed by atoms with Gasteiger partial charge in [-0.2, -0.15) is 48.1 Å². The van der Waals surface area contributed by atoms with Gasteiger partial charge in [-0.15, -0.1) is 0 Å². The highest BCUT2D eigenvalue weighted by Crippen LogP contribution is 2.70. The van der Waals surface area contributed by atoms with Crippen LogP contribution in [0.2, 0.25) is 0 Å². The summed E-state index contributed by atoms with van der Waals surface area (Å²) in [4.78, 5) is 33.4. The van der Waals surface area contributed by atoms with Crippen molar-refractivity contribution in [1.82, 2.24) is 0 Å². The van der Waals surface area contributed by atoms with Gasteiger partial charge < -0.3 is 19.6 Å². The summed E-state index contributed by atoms with van der Waals surface area (Å²) in [5.74, 6) is 0. The van der Waals surface area contributed by atoms with Crippen molar-refractivity contribution in [2.24, 2.45) is 0 Å². The van der Waals surface area contributed by atoms with E-state index in [1.807, 2.05) is 0 Å². The fourth-order valence-corrected chi connectivity index (χ4v) is 4.40. The Hall–Kier alpha value is -0.220. The molecule has 0 spiro atoms. The lowest BCUT2D eigenvalue weighted by atomic mass is 10.0. The van der Waals surface area contributed by atoms with Crippen molar-refractivity contribution < 1.29 is 85.9 Å². The number of phosphoric acid groups is 3. The van der Waals surface area contributed by atoms with Crippen molar-refractivity contribution >= 4 is 23.5 Å². The first-order valence-corrected chi connectivity index (χ1v) is 9.44. The van der Waals surface area contributed by atoms with Crippen LogP contribution in [0.4, 0.5) is 39.5 Å². The fraction of sp³-hybridized carbons (Fsp3) is 1.00. The quantitative estimate of drug-likeness (QED) is 0.332. The van der Waals surface area contributed by atoms with Crippen molar-refractivity contribution in [1.29, 1.82) is 0 Å². The number of hydrogen-bond acceptors (Lipinski definition) is 6. The van der Waals surface area contributed by atoms with Crippen LogP contribution in [0.15, 0.2) is 0 Å². The van der Waals surface area contributed by atoms with Crippen LogP contribution in [0.3, 0.4) is 0 Å². The van der Waals surface area contributed by atoms with Crippen LogP contribution < -0.4 is 0 Å². The summed E-state index contributed by atoms with van der Waals surface area (Å²) in [5, 5.41) is 0. The third kappa shape index (κ3) is 6.15. The number of hydrogen-bond donors (Lipinski definition) is 4. The molecular formula is C4H4F9O10P3. The normalized spacial score (nSPS) is 19.7. The minimum atomic E-state index is -7.51. The van der Waals surface area contributed by atoms with E-state index in [0.717, 1.165) is 0 Å². The lowest BCUT2D eigenvalue weighted by molar-refractivity contribution is -0.439. The van der Waals surface area contributed by atoms with Crippen molar-refractivity contribution in [3.8, 4) is 0 Å². The first-order chi connectivity index (χ1) is 10.9. The van der Waals surface area contributed by atoms with E-state index >= 15 is 0 Å². The molecule has 0 aliphatic rings. The average molecular weight is 476 g/mol. The molecule has 0 aromatic heterocycles. The fourth-order valence-electron chi connectivity index (χ4n) is 1.11.